The highest BCUT2D eigenvalue weighted by Gasteiger charge is 2.14. The van der Waals surface area contributed by atoms with Gasteiger partial charge in [0, 0.05) is 4.47 Å². The summed E-state index contributed by atoms with van der Waals surface area (Å²) in [4.78, 5) is 11.2. The Kier molecular flexibility index (Phi) is 3.63. The highest BCUT2D eigenvalue weighted by Crippen LogP contribution is 2.27. The molecule has 14 heavy (non-hydrogen) atoms. The van der Waals surface area contributed by atoms with Crippen molar-refractivity contribution in [3.63, 3.8) is 0 Å². The van der Waals surface area contributed by atoms with Crippen molar-refractivity contribution >= 4 is 21.7 Å². The van der Waals surface area contributed by atoms with Gasteiger partial charge in [-0.05, 0) is 26.0 Å². The molecule has 4 heteroatoms. The SMILES string of the molecule is CCOc1c(F)cc(Br)cc1C(C)=O. The molecular weight excluding hydrogens is 251 g/mol. The van der Waals surface area contributed by atoms with Gasteiger partial charge in [0.1, 0.15) is 0 Å². The van der Waals surface area contributed by atoms with Gasteiger partial charge < -0.3 is 4.74 Å². The highest BCUT2D eigenvalue weighted by atomic mass is 79.9. The summed E-state index contributed by atoms with van der Waals surface area (Å²) >= 11 is 3.12. The fraction of sp³-hybridized carbons (Fsp3) is 0.300. The number of hydrogen-bond donors (Lipinski definition) is 0. The topological polar surface area (TPSA) is 26.3 Å². The predicted octanol–water partition coefficient (Wildman–Crippen LogP) is 3.19. The molecule has 0 aliphatic heterocycles. The third-order valence-corrected chi connectivity index (χ3v) is 2.13. The summed E-state index contributed by atoms with van der Waals surface area (Å²) in [5, 5.41) is 0. The first kappa shape index (κ1) is 11.2. The van der Waals surface area contributed by atoms with E-state index in [0.717, 1.165) is 0 Å². The third-order valence-electron chi connectivity index (χ3n) is 1.68. The van der Waals surface area contributed by atoms with Gasteiger partial charge in [-0.2, -0.15) is 0 Å². The average molecular weight is 261 g/mol. The molecule has 1 aromatic rings. The van der Waals surface area contributed by atoms with Crippen LogP contribution in [0.2, 0.25) is 0 Å². The van der Waals surface area contributed by atoms with Gasteiger partial charge in [-0.1, -0.05) is 15.9 Å². The number of carbonyl (C=O) groups is 1. The van der Waals surface area contributed by atoms with Crippen LogP contribution in [-0.4, -0.2) is 12.4 Å². The van der Waals surface area contributed by atoms with Crippen molar-refractivity contribution in [1.29, 1.82) is 0 Å². The summed E-state index contributed by atoms with van der Waals surface area (Å²) in [6, 6.07) is 2.83. The van der Waals surface area contributed by atoms with Crippen LogP contribution < -0.4 is 4.74 Å². The van der Waals surface area contributed by atoms with Gasteiger partial charge in [0.2, 0.25) is 0 Å². The summed E-state index contributed by atoms with van der Waals surface area (Å²) in [5.74, 6) is -0.705. The van der Waals surface area contributed by atoms with E-state index in [0.29, 0.717) is 11.1 Å². The Morgan fingerprint density at radius 2 is 2.21 bits per heavy atom. The number of halogens is 2. The lowest BCUT2D eigenvalue weighted by molar-refractivity contribution is 0.101. The second kappa shape index (κ2) is 4.55. The number of hydrogen-bond acceptors (Lipinski definition) is 2. The highest BCUT2D eigenvalue weighted by molar-refractivity contribution is 9.10. The number of ketones is 1. The van der Waals surface area contributed by atoms with Crippen LogP contribution in [0.4, 0.5) is 4.39 Å². The molecule has 0 N–H and O–H groups in total. The normalized spacial score (nSPS) is 10.0. The molecule has 0 aliphatic rings. The quantitative estimate of drug-likeness (QED) is 0.781. The van der Waals surface area contributed by atoms with Crippen molar-refractivity contribution in [2.24, 2.45) is 0 Å². The van der Waals surface area contributed by atoms with Crippen LogP contribution in [0.15, 0.2) is 16.6 Å². The van der Waals surface area contributed by atoms with Crippen molar-refractivity contribution in [3.8, 4) is 5.75 Å². The number of carbonyl (C=O) groups excluding carboxylic acids is 1. The lowest BCUT2D eigenvalue weighted by Gasteiger charge is -2.09. The Bertz CT molecular complexity index is 363. The summed E-state index contributed by atoms with van der Waals surface area (Å²) in [5.41, 5.74) is 0.263. The van der Waals surface area contributed by atoms with Gasteiger partial charge in [0.25, 0.3) is 0 Å². The van der Waals surface area contributed by atoms with Crippen molar-refractivity contribution in [2.45, 2.75) is 13.8 Å². The largest absolute Gasteiger partial charge is 0.490 e. The Morgan fingerprint density at radius 3 is 2.71 bits per heavy atom. The van der Waals surface area contributed by atoms with Crippen LogP contribution in [0.1, 0.15) is 24.2 Å². The monoisotopic (exact) mass is 260 g/mol. The maximum atomic E-state index is 13.4. The van der Waals surface area contributed by atoms with E-state index in [1.165, 1.54) is 13.0 Å². The molecule has 1 aromatic carbocycles. The molecule has 1 rings (SSSR count). The Labute approximate surface area is 90.2 Å². The first-order valence-corrected chi connectivity index (χ1v) is 4.98. The minimum Gasteiger partial charge on any atom is -0.490 e. The van der Waals surface area contributed by atoms with E-state index < -0.39 is 5.82 Å². The number of Topliss-reactive ketones (excluding diaryl/α,β-unsaturated/α-hetero) is 1. The Balaban J connectivity index is 3.28. The molecule has 0 fully saturated rings. The predicted molar refractivity (Wildman–Crippen MR) is 55.3 cm³/mol. The van der Waals surface area contributed by atoms with Crippen LogP contribution in [0.25, 0.3) is 0 Å². The van der Waals surface area contributed by atoms with Gasteiger partial charge in [-0.25, -0.2) is 4.39 Å². The van der Waals surface area contributed by atoms with Crippen molar-refractivity contribution in [1.82, 2.24) is 0 Å². The van der Waals surface area contributed by atoms with Gasteiger partial charge in [-0.15, -0.1) is 0 Å². The van der Waals surface area contributed by atoms with Gasteiger partial charge in [-0.3, -0.25) is 4.79 Å². The maximum Gasteiger partial charge on any atom is 0.166 e. The van der Waals surface area contributed by atoms with Crippen LogP contribution in [0, 0.1) is 5.82 Å². The zero-order chi connectivity index (χ0) is 10.7. The van der Waals surface area contributed by atoms with Crippen molar-refractivity contribution < 1.29 is 13.9 Å². The fourth-order valence-electron chi connectivity index (χ4n) is 1.11. The van der Waals surface area contributed by atoms with Crippen LogP contribution in [-0.2, 0) is 0 Å². The standard InChI is InChI=1S/C10H10BrFO2/c1-3-14-10-8(6(2)13)4-7(11)5-9(10)12/h4-5H,3H2,1-2H3. The minimum atomic E-state index is -0.522. The molecule has 0 aromatic heterocycles. The van der Waals surface area contributed by atoms with Gasteiger partial charge in [0.15, 0.2) is 17.3 Å². The van der Waals surface area contributed by atoms with Gasteiger partial charge >= 0.3 is 0 Å². The van der Waals surface area contributed by atoms with E-state index in [1.54, 1.807) is 13.0 Å². The lowest BCUT2D eigenvalue weighted by Crippen LogP contribution is -2.03. The molecule has 2 nitrogen and oxygen atoms in total. The first-order valence-electron chi connectivity index (χ1n) is 4.19. The van der Waals surface area contributed by atoms with Gasteiger partial charge in [0.05, 0.1) is 12.2 Å². The fourth-order valence-corrected chi connectivity index (χ4v) is 1.54. The van der Waals surface area contributed by atoms with Crippen molar-refractivity contribution in [3.05, 3.63) is 28.0 Å². The Hall–Kier alpha value is -0.900. The van der Waals surface area contributed by atoms with E-state index in [1.807, 2.05) is 0 Å². The summed E-state index contributed by atoms with van der Waals surface area (Å²) in [7, 11) is 0. The molecule has 0 heterocycles. The van der Waals surface area contributed by atoms with Crippen LogP contribution in [0.3, 0.4) is 0 Å². The molecule has 0 spiro atoms. The minimum absolute atomic E-state index is 0.0307. The molecular formula is C10H10BrFO2. The van der Waals surface area contributed by atoms with Crippen LogP contribution in [0.5, 0.6) is 5.75 Å². The molecule has 0 amide bonds. The second-order valence-corrected chi connectivity index (χ2v) is 3.67. The smallest absolute Gasteiger partial charge is 0.166 e. The third kappa shape index (κ3) is 2.32. The zero-order valence-corrected chi connectivity index (χ0v) is 9.52. The van der Waals surface area contributed by atoms with Crippen LogP contribution >= 0.6 is 15.9 Å². The summed E-state index contributed by atoms with van der Waals surface area (Å²) < 4.78 is 18.9. The second-order valence-electron chi connectivity index (χ2n) is 2.75. The molecule has 0 atom stereocenters. The van der Waals surface area contributed by atoms with E-state index >= 15 is 0 Å². The van der Waals surface area contributed by atoms with E-state index in [-0.39, 0.29) is 17.1 Å². The zero-order valence-electron chi connectivity index (χ0n) is 7.93. The van der Waals surface area contributed by atoms with E-state index in [4.69, 9.17) is 4.74 Å². The molecule has 0 radical (unpaired) electrons. The summed E-state index contributed by atoms with van der Waals surface area (Å²) in [6.45, 7) is 3.45. The summed E-state index contributed by atoms with van der Waals surface area (Å²) in [6.07, 6.45) is 0. The first-order chi connectivity index (χ1) is 6.56. The average Bonchev–Trinajstić information content (AvgIpc) is 2.09. The number of benzene rings is 1. The molecule has 0 saturated carbocycles. The lowest BCUT2D eigenvalue weighted by atomic mass is 10.1. The van der Waals surface area contributed by atoms with E-state index in [2.05, 4.69) is 15.9 Å². The maximum absolute atomic E-state index is 13.4. The molecule has 0 bridgehead atoms. The molecule has 0 saturated heterocycles. The molecule has 76 valence electrons. The van der Waals surface area contributed by atoms with E-state index in [9.17, 15) is 9.18 Å². The number of rotatable bonds is 3. The Morgan fingerprint density at radius 1 is 1.57 bits per heavy atom. The van der Waals surface area contributed by atoms with Crippen molar-refractivity contribution in [2.75, 3.05) is 6.61 Å². The molecule has 0 aliphatic carbocycles. The number of ether oxygens (including phenoxy) is 1. The molecule has 0 unspecified atom stereocenters.